The van der Waals surface area contributed by atoms with Gasteiger partial charge in [-0.3, -0.25) is 0 Å². The number of hydrogen-bond acceptors (Lipinski definition) is 3. The van der Waals surface area contributed by atoms with Crippen LogP contribution in [0.15, 0.2) is 0 Å². The summed E-state index contributed by atoms with van der Waals surface area (Å²) in [4.78, 5) is 0. The van der Waals surface area contributed by atoms with Crippen molar-refractivity contribution in [1.29, 1.82) is 0 Å². The molecular weight excluding hydrogens is 263 g/mol. The van der Waals surface area contributed by atoms with Crippen molar-refractivity contribution in [2.24, 2.45) is 0 Å². The van der Waals surface area contributed by atoms with Gasteiger partial charge in [0.15, 0.2) is 0 Å². The molecule has 1 saturated heterocycles. The number of thioether (sulfide) groups is 1. The molecule has 1 heterocycles. The average Bonchev–Trinajstić information content (AvgIpc) is 1.89. The van der Waals surface area contributed by atoms with Gasteiger partial charge in [0, 0.05) is 0 Å². The highest BCUT2D eigenvalue weighted by Crippen LogP contribution is 2.27. The summed E-state index contributed by atoms with van der Waals surface area (Å²) in [5, 5.41) is 9.73. The van der Waals surface area contributed by atoms with E-state index < -0.39 is 5.60 Å². The molecule has 2 nitrogen and oxygen atoms in total. The zero-order valence-electron chi connectivity index (χ0n) is 5.68. The van der Waals surface area contributed by atoms with Crippen molar-refractivity contribution in [2.45, 2.75) is 18.4 Å². The Kier molecular flexibility index (Phi) is 3.76. The highest BCUT2D eigenvalue weighted by molar-refractivity contribution is 14.1. The van der Waals surface area contributed by atoms with Crippen LogP contribution in [0.4, 0.5) is 0 Å². The molecule has 0 saturated carbocycles. The van der Waals surface area contributed by atoms with Crippen molar-refractivity contribution in [3.63, 3.8) is 0 Å². The minimum atomic E-state index is -0.521. The van der Waals surface area contributed by atoms with Gasteiger partial charge in [0.25, 0.3) is 0 Å². The number of aliphatic hydroxyl groups is 1. The summed E-state index contributed by atoms with van der Waals surface area (Å²) in [6.07, 6.45) is 1.75. The topological polar surface area (TPSA) is 29.5 Å². The van der Waals surface area contributed by atoms with E-state index in [4.69, 9.17) is 3.07 Å². The molecule has 1 aliphatic heterocycles. The SMILES string of the molecule is OC1(COI)CCSCC1. The minimum Gasteiger partial charge on any atom is -0.387 e. The van der Waals surface area contributed by atoms with Gasteiger partial charge in [0.1, 0.15) is 23.0 Å². The monoisotopic (exact) mass is 274 g/mol. The minimum absolute atomic E-state index is 0.480. The molecule has 1 fully saturated rings. The second kappa shape index (κ2) is 4.13. The standard InChI is InChI=1S/C6H11IO2S/c7-9-5-6(8)1-3-10-4-2-6/h8H,1-5H2. The van der Waals surface area contributed by atoms with Crippen molar-refractivity contribution in [3.8, 4) is 0 Å². The first kappa shape index (κ1) is 9.09. The molecule has 0 atom stereocenters. The zero-order chi connectivity index (χ0) is 7.45. The van der Waals surface area contributed by atoms with Crippen LogP contribution >= 0.6 is 34.8 Å². The number of rotatable bonds is 2. The molecule has 0 unspecified atom stereocenters. The van der Waals surface area contributed by atoms with Crippen LogP contribution in [0.5, 0.6) is 0 Å². The van der Waals surface area contributed by atoms with Gasteiger partial charge in [-0.2, -0.15) is 11.8 Å². The van der Waals surface area contributed by atoms with E-state index in [1.165, 1.54) is 0 Å². The normalized spacial score (nSPS) is 24.6. The fraction of sp³-hybridized carbons (Fsp3) is 1.00. The van der Waals surface area contributed by atoms with E-state index in [0.29, 0.717) is 6.61 Å². The maximum absolute atomic E-state index is 9.73. The van der Waals surface area contributed by atoms with Gasteiger partial charge in [-0.25, -0.2) is 0 Å². The largest absolute Gasteiger partial charge is 0.387 e. The first-order valence-corrected chi connectivity index (χ1v) is 5.34. The third kappa shape index (κ3) is 2.56. The van der Waals surface area contributed by atoms with Crippen LogP contribution in [-0.4, -0.2) is 28.8 Å². The lowest BCUT2D eigenvalue weighted by Gasteiger charge is -2.30. The Hall–Kier alpha value is 1.00. The predicted molar refractivity (Wildman–Crippen MR) is 51.5 cm³/mol. The first-order valence-electron chi connectivity index (χ1n) is 3.30. The molecule has 60 valence electrons. The van der Waals surface area contributed by atoms with Gasteiger partial charge in [-0.1, -0.05) is 0 Å². The number of hydrogen-bond donors (Lipinski definition) is 1. The lowest BCUT2D eigenvalue weighted by molar-refractivity contribution is 0.000802. The van der Waals surface area contributed by atoms with Crippen LogP contribution in [0.1, 0.15) is 12.8 Å². The van der Waals surface area contributed by atoms with Crippen molar-refractivity contribution >= 4 is 34.8 Å². The molecule has 10 heavy (non-hydrogen) atoms. The molecule has 0 aromatic heterocycles. The maximum Gasteiger partial charge on any atom is 0.109 e. The third-order valence-electron chi connectivity index (χ3n) is 1.75. The molecule has 0 aliphatic carbocycles. The third-order valence-corrected chi connectivity index (χ3v) is 3.04. The highest BCUT2D eigenvalue weighted by atomic mass is 127. The summed E-state index contributed by atoms with van der Waals surface area (Å²) in [7, 11) is 0. The lowest BCUT2D eigenvalue weighted by Crippen LogP contribution is -2.37. The van der Waals surface area contributed by atoms with E-state index in [0.717, 1.165) is 24.3 Å². The van der Waals surface area contributed by atoms with Crippen LogP contribution in [0.3, 0.4) is 0 Å². The van der Waals surface area contributed by atoms with E-state index in [1.807, 2.05) is 34.8 Å². The van der Waals surface area contributed by atoms with Gasteiger partial charge >= 0.3 is 0 Å². The zero-order valence-corrected chi connectivity index (χ0v) is 8.65. The van der Waals surface area contributed by atoms with Crippen molar-refractivity contribution in [2.75, 3.05) is 18.1 Å². The Morgan fingerprint density at radius 1 is 1.50 bits per heavy atom. The molecule has 1 aliphatic rings. The smallest absolute Gasteiger partial charge is 0.109 e. The quantitative estimate of drug-likeness (QED) is 0.776. The summed E-state index contributed by atoms with van der Waals surface area (Å²) in [5.41, 5.74) is -0.521. The van der Waals surface area contributed by atoms with E-state index >= 15 is 0 Å². The van der Waals surface area contributed by atoms with Crippen molar-refractivity contribution < 1.29 is 8.17 Å². The lowest BCUT2D eigenvalue weighted by atomic mass is 9.98. The fourth-order valence-corrected chi connectivity index (χ4v) is 2.83. The molecule has 0 bridgehead atoms. The molecule has 0 spiro atoms. The van der Waals surface area contributed by atoms with E-state index in [9.17, 15) is 5.11 Å². The van der Waals surface area contributed by atoms with Crippen LogP contribution in [-0.2, 0) is 3.07 Å². The second-order valence-corrected chi connectivity index (χ2v) is 4.44. The molecule has 0 amide bonds. The highest BCUT2D eigenvalue weighted by Gasteiger charge is 2.29. The molecule has 1 rings (SSSR count). The molecule has 0 radical (unpaired) electrons. The summed E-state index contributed by atoms with van der Waals surface area (Å²) in [6.45, 7) is 0.480. The van der Waals surface area contributed by atoms with E-state index in [-0.39, 0.29) is 0 Å². The molecular formula is C6H11IO2S. The summed E-state index contributed by atoms with van der Waals surface area (Å²) >= 11 is 3.74. The second-order valence-electron chi connectivity index (χ2n) is 2.59. The molecule has 0 aromatic rings. The Bertz CT molecular complexity index is 98.4. The Morgan fingerprint density at radius 2 is 2.10 bits per heavy atom. The van der Waals surface area contributed by atoms with Crippen molar-refractivity contribution in [1.82, 2.24) is 0 Å². The Labute approximate surface area is 79.4 Å². The summed E-state index contributed by atoms with van der Waals surface area (Å²) in [6, 6.07) is 0. The predicted octanol–water partition coefficient (Wildman–Crippen LogP) is 1.61. The molecule has 4 heteroatoms. The summed E-state index contributed by atoms with van der Waals surface area (Å²) < 4.78 is 4.90. The van der Waals surface area contributed by atoms with Gasteiger partial charge in [0.05, 0.1) is 12.2 Å². The number of halogens is 1. The average molecular weight is 274 g/mol. The molecule has 0 aromatic carbocycles. The van der Waals surface area contributed by atoms with E-state index in [1.54, 1.807) is 0 Å². The fourth-order valence-electron chi connectivity index (χ4n) is 0.997. The van der Waals surface area contributed by atoms with Gasteiger partial charge in [-0.05, 0) is 24.3 Å². The molecule has 1 N–H and O–H groups in total. The Balaban J connectivity index is 2.32. The van der Waals surface area contributed by atoms with Crippen LogP contribution in [0, 0.1) is 0 Å². The summed E-state index contributed by atoms with van der Waals surface area (Å²) in [5.74, 6) is 2.13. The van der Waals surface area contributed by atoms with E-state index in [2.05, 4.69) is 0 Å². The van der Waals surface area contributed by atoms with Crippen LogP contribution in [0.25, 0.3) is 0 Å². The van der Waals surface area contributed by atoms with Crippen LogP contribution < -0.4 is 0 Å². The Morgan fingerprint density at radius 3 is 2.60 bits per heavy atom. The van der Waals surface area contributed by atoms with Crippen molar-refractivity contribution in [3.05, 3.63) is 0 Å². The van der Waals surface area contributed by atoms with Crippen LogP contribution in [0.2, 0.25) is 0 Å². The first-order chi connectivity index (χ1) is 4.77. The van der Waals surface area contributed by atoms with Gasteiger partial charge < -0.3 is 8.17 Å². The van der Waals surface area contributed by atoms with Gasteiger partial charge in [-0.15, -0.1) is 0 Å². The van der Waals surface area contributed by atoms with Gasteiger partial charge in [0.2, 0.25) is 0 Å². The maximum atomic E-state index is 9.73.